The number of hydrazone groups is 1. The predicted octanol–water partition coefficient (Wildman–Crippen LogP) is 1.92. The molecule has 0 aliphatic carbocycles. The Balaban J connectivity index is 1.76. The van der Waals surface area contributed by atoms with E-state index in [4.69, 9.17) is 27.6 Å². The summed E-state index contributed by atoms with van der Waals surface area (Å²) in [6, 6.07) is 7.69. The molecule has 0 fully saturated rings. The van der Waals surface area contributed by atoms with Crippen molar-refractivity contribution in [3.63, 3.8) is 0 Å². The fourth-order valence-electron chi connectivity index (χ4n) is 2.53. The first kappa shape index (κ1) is 17.4. The number of nitrogen functional groups attached to an aromatic ring is 1. The van der Waals surface area contributed by atoms with Gasteiger partial charge in [-0.25, -0.2) is 19.4 Å². The SMILES string of the molecule is NN=C(c1ccc(-c2ccc(Cl)c(C(=O)O)c2)o1)c1nc2nonc2nc1N. The van der Waals surface area contributed by atoms with E-state index in [9.17, 15) is 9.90 Å². The van der Waals surface area contributed by atoms with Crippen LogP contribution in [0.5, 0.6) is 0 Å². The van der Waals surface area contributed by atoms with Crippen molar-refractivity contribution in [3.05, 3.63) is 52.4 Å². The highest BCUT2D eigenvalue weighted by Crippen LogP contribution is 2.28. The molecule has 0 saturated heterocycles. The maximum absolute atomic E-state index is 11.3. The zero-order chi connectivity index (χ0) is 19.8. The largest absolute Gasteiger partial charge is 0.478 e. The molecule has 0 unspecified atom stereocenters. The van der Waals surface area contributed by atoms with Crippen molar-refractivity contribution in [3.8, 4) is 11.3 Å². The predicted molar refractivity (Wildman–Crippen MR) is 97.7 cm³/mol. The van der Waals surface area contributed by atoms with Crippen molar-refractivity contribution in [1.82, 2.24) is 20.3 Å². The van der Waals surface area contributed by atoms with Crippen molar-refractivity contribution in [2.24, 2.45) is 10.9 Å². The fourth-order valence-corrected chi connectivity index (χ4v) is 2.73. The lowest BCUT2D eigenvalue weighted by molar-refractivity contribution is 0.0697. The van der Waals surface area contributed by atoms with Crippen LogP contribution in [0, 0.1) is 0 Å². The molecule has 0 saturated carbocycles. The highest BCUT2D eigenvalue weighted by molar-refractivity contribution is 6.33. The van der Waals surface area contributed by atoms with Gasteiger partial charge in [0.15, 0.2) is 17.3 Å². The van der Waals surface area contributed by atoms with Crippen LogP contribution in [-0.2, 0) is 0 Å². The van der Waals surface area contributed by atoms with Crippen LogP contribution in [0.2, 0.25) is 5.02 Å². The van der Waals surface area contributed by atoms with Gasteiger partial charge >= 0.3 is 5.97 Å². The highest BCUT2D eigenvalue weighted by atomic mass is 35.5. The number of fused-ring (bicyclic) bond motifs is 1. The van der Waals surface area contributed by atoms with Gasteiger partial charge in [-0.2, -0.15) is 5.10 Å². The second-order valence-corrected chi connectivity index (χ2v) is 5.92. The van der Waals surface area contributed by atoms with Crippen LogP contribution in [0.1, 0.15) is 21.8 Å². The molecule has 1 aromatic carbocycles. The van der Waals surface area contributed by atoms with E-state index in [1.165, 1.54) is 12.1 Å². The number of hydrogen-bond donors (Lipinski definition) is 3. The minimum absolute atomic E-state index is 0.00464. The van der Waals surface area contributed by atoms with E-state index in [0.29, 0.717) is 11.3 Å². The zero-order valence-corrected chi connectivity index (χ0v) is 14.6. The fraction of sp³-hybridized carbons (Fsp3) is 0. The van der Waals surface area contributed by atoms with Gasteiger partial charge in [-0.1, -0.05) is 11.6 Å². The first-order valence-electron chi connectivity index (χ1n) is 7.65. The molecule has 3 heterocycles. The number of carbonyl (C=O) groups is 1. The Morgan fingerprint density at radius 3 is 2.61 bits per heavy atom. The lowest BCUT2D eigenvalue weighted by atomic mass is 10.1. The minimum atomic E-state index is -1.15. The summed E-state index contributed by atoms with van der Waals surface area (Å²) in [6.07, 6.45) is 0. The minimum Gasteiger partial charge on any atom is -0.478 e. The van der Waals surface area contributed by atoms with Gasteiger partial charge in [0.25, 0.3) is 0 Å². The number of aromatic nitrogens is 4. The van der Waals surface area contributed by atoms with Gasteiger partial charge in [-0.15, -0.1) is 0 Å². The van der Waals surface area contributed by atoms with Crippen LogP contribution in [-0.4, -0.2) is 37.1 Å². The Hall–Kier alpha value is -3.99. The Bertz CT molecular complexity index is 1250. The molecule has 0 radical (unpaired) electrons. The summed E-state index contributed by atoms with van der Waals surface area (Å²) in [5, 5.41) is 20.2. The Morgan fingerprint density at radius 2 is 1.89 bits per heavy atom. The van der Waals surface area contributed by atoms with Crippen LogP contribution >= 0.6 is 11.6 Å². The number of nitrogens with zero attached hydrogens (tertiary/aromatic N) is 5. The normalized spacial score (nSPS) is 11.8. The molecule has 3 aromatic heterocycles. The molecule has 12 heteroatoms. The molecular weight excluding hydrogens is 390 g/mol. The van der Waals surface area contributed by atoms with Crippen molar-refractivity contribution in [1.29, 1.82) is 0 Å². The average Bonchev–Trinajstić information content (AvgIpc) is 3.32. The second kappa shape index (κ2) is 6.63. The number of hydrogen-bond acceptors (Lipinski definition) is 10. The number of rotatable bonds is 4. The summed E-state index contributed by atoms with van der Waals surface area (Å²) in [4.78, 5) is 19.5. The lowest BCUT2D eigenvalue weighted by Crippen LogP contribution is -2.12. The molecule has 0 spiro atoms. The maximum atomic E-state index is 11.3. The lowest BCUT2D eigenvalue weighted by Gasteiger charge is -2.05. The third-order valence-electron chi connectivity index (χ3n) is 3.82. The first-order chi connectivity index (χ1) is 13.5. The van der Waals surface area contributed by atoms with Gasteiger partial charge in [0.2, 0.25) is 11.3 Å². The number of furan rings is 1. The summed E-state index contributed by atoms with van der Waals surface area (Å²) >= 11 is 5.90. The summed E-state index contributed by atoms with van der Waals surface area (Å²) in [6.45, 7) is 0. The van der Waals surface area contributed by atoms with Gasteiger partial charge in [-0.3, -0.25) is 0 Å². The molecule has 0 bridgehead atoms. The van der Waals surface area contributed by atoms with E-state index >= 15 is 0 Å². The number of halogens is 1. The van der Waals surface area contributed by atoms with Gasteiger partial charge < -0.3 is 21.1 Å². The summed E-state index contributed by atoms with van der Waals surface area (Å²) in [5.74, 6) is 4.96. The summed E-state index contributed by atoms with van der Waals surface area (Å²) in [5.41, 5.74) is 6.87. The monoisotopic (exact) mass is 399 g/mol. The molecule has 0 atom stereocenters. The van der Waals surface area contributed by atoms with Crippen LogP contribution in [0.3, 0.4) is 0 Å². The van der Waals surface area contributed by atoms with E-state index in [1.807, 2.05) is 0 Å². The molecule has 11 nitrogen and oxygen atoms in total. The number of nitrogens with two attached hydrogens (primary N) is 2. The average molecular weight is 400 g/mol. The molecule has 0 amide bonds. The van der Waals surface area contributed by atoms with E-state index in [-0.39, 0.29) is 44.9 Å². The van der Waals surface area contributed by atoms with E-state index < -0.39 is 5.97 Å². The summed E-state index contributed by atoms with van der Waals surface area (Å²) < 4.78 is 10.3. The van der Waals surface area contributed by atoms with Crippen molar-refractivity contribution in [2.45, 2.75) is 0 Å². The molecule has 0 aliphatic heterocycles. The van der Waals surface area contributed by atoms with Crippen LogP contribution < -0.4 is 11.6 Å². The molecule has 140 valence electrons. The number of carboxylic acids is 1. The molecule has 0 aliphatic rings. The molecule has 5 N–H and O–H groups in total. The van der Waals surface area contributed by atoms with Crippen molar-refractivity contribution >= 4 is 40.4 Å². The van der Waals surface area contributed by atoms with Gasteiger partial charge in [-0.05, 0) is 40.6 Å². The number of aromatic carboxylic acids is 1. The smallest absolute Gasteiger partial charge is 0.337 e. The number of benzene rings is 1. The highest BCUT2D eigenvalue weighted by Gasteiger charge is 2.21. The molecule has 4 aromatic rings. The van der Waals surface area contributed by atoms with Crippen molar-refractivity contribution in [2.75, 3.05) is 5.73 Å². The topological polar surface area (TPSA) is 180 Å². The summed E-state index contributed by atoms with van der Waals surface area (Å²) in [7, 11) is 0. The number of anilines is 1. The van der Waals surface area contributed by atoms with E-state index in [1.54, 1.807) is 18.2 Å². The molecule has 4 rings (SSSR count). The van der Waals surface area contributed by atoms with Crippen LogP contribution in [0.15, 0.2) is 44.5 Å². The van der Waals surface area contributed by atoms with Crippen LogP contribution in [0.4, 0.5) is 5.82 Å². The standard InChI is InChI=1S/C16H10ClN7O4/c17-8-2-1-6(5-7(8)16(25)26)9-3-4-10(27-9)11(22-19)12-13(18)21-15-14(20-12)23-28-24-15/h1-5H,19H2,(H,25,26)(H2,18,21,24). The quantitative estimate of drug-likeness (QED) is 0.260. The third kappa shape index (κ3) is 2.89. The van der Waals surface area contributed by atoms with E-state index in [2.05, 4.69) is 30.0 Å². The Labute approximate surface area is 160 Å². The van der Waals surface area contributed by atoms with Crippen molar-refractivity contribution < 1.29 is 18.9 Å². The molecule has 28 heavy (non-hydrogen) atoms. The maximum Gasteiger partial charge on any atom is 0.337 e. The number of carboxylic acid groups (broad SMARTS) is 1. The third-order valence-corrected chi connectivity index (χ3v) is 4.14. The van der Waals surface area contributed by atoms with Gasteiger partial charge in [0.05, 0.1) is 10.6 Å². The Kier molecular flexibility index (Phi) is 4.12. The van der Waals surface area contributed by atoms with Gasteiger partial charge in [0.1, 0.15) is 11.5 Å². The first-order valence-corrected chi connectivity index (χ1v) is 8.03. The van der Waals surface area contributed by atoms with Gasteiger partial charge in [0, 0.05) is 5.56 Å². The molecular formula is C16H10ClN7O4. The zero-order valence-electron chi connectivity index (χ0n) is 13.8. The Morgan fingerprint density at radius 1 is 1.14 bits per heavy atom. The van der Waals surface area contributed by atoms with E-state index in [0.717, 1.165) is 0 Å². The second-order valence-electron chi connectivity index (χ2n) is 5.51. The van der Waals surface area contributed by atoms with Crippen LogP contribution in [0.25, 0.3) is 22.6 Å².